The van der Waals surface area contributed by atoms with Crippen LogP contribution < -0.4 is 11.1 Å². The third-order valence-corrected chi connectivity index (χ3v) is 2.77. The van der Waals surface area contributed by atoms with Gasteiger partial charge in [0.05, 0.1) is 6.26 Å². The molecule has 0 spiro atoms. The number of rotatable bonds is 5. The zero-order chi connectivity index (χ0) is 12.3. The third kappa shape index (κ3) is 2.57. The van der Waals surface area contributed by atoms with E-state index in [1.54, 1.807) is 6.26 Å². The fourth-order valence-corrected chi connectivity index (χ4v) is 1.89. The first kappa shape index (κ1) is 11.9. The maximum atomic E-state index is 5.81. The average molecular weight is 230 g/mol. The van der Waals surface area contributed by atoms with Gasteiger partial charge in [-0.25, -0.2) is 0 Å². The van der Waals surface area contributed by atoms with Gasteiger partial charge in [-0.05, 0) is 13.0 Å². The number of nitrogens with two attached hydrogens (primary N) is 1. The number of furan rings is 1. The lowest BCUT2D eigenvalue weighted by Crippen LogP contribution is -2.29. The second kappa shape index (κ2) is 5.17. The predicted molar refractivity (Wildman–Crippen MR) is 70.8 cm³/mol. The van der Waals surface area contributed by atoms with Gasteiger partial charge in [0, 0.05) is 30.1 Å². The number of hydrogen-bond acceptors (Lipinski definition) is 3. The fraction of sp³-hybridized carbons (Fsp3) is 0.286. The van der Waals surface area contributed by atoms with E-state index in [-0.39, 0.29) is 6.04 Å². The van der Waals surface area contributed by atoms with Crippen LogP contribution in [-0.4, -0.2) is 13.1 Å². The van der Waals surface area contributed by atoms with E-state index in [4.69, 9.17) is 10.2 Å². The van der Waals surface area contributed by atoms with Crippen molar-refractivity contribution in [3.63, 3.8) is 0 Å². The molecule has 1 heterocycles. The van der Waals surface area contributed by atoms with Crippen LogP contribution in [-0.2, 0) is 0 Å². The number of para-hydroxylation sites is 1. The highest BCUT2D eigenvalue weighted by Gasteiger charge is 2.14. The van der Waals surface area contributed by atoms with E-state index in [2.05, 4.69) is 18.0 Å². The maximum absolute atomic E-state index is 5.81. The largest absolute Gasteiger partial charge is 0.464 e. The van der Waals surface area contributed by atoms with Crippen LogP contribution >= 0.6 is 0 Å². The lowest BCUT2D eigenvalue weighted by Gasteiger charge is -2.15. The normalized spacial score (nSPS) is 12.8. The summed E-state index contributed by atoms with van der Waals surface area (Å²) in [5, 5.41) is 4.50. The molecule has 0 saturated heterocycles. The molecule has 1 aromatic carbocycles. The Kier molecular flexibility index (Phi) is 3.61. The minimum Gasteiger partial charge on any atom is -0.464 e. The van der Waals surface area contributed by atoms with Gasteiger partial charge in [0.1, 0.15) is 5.58 Å². The number of hydrogen-bond donors (Lipinski definition) is 2. The zero-order valence-electron chi connectivity index (χ0n) is 10.1. The van der Waals surface area contributed by atoms with Crippen LogP contribution in [0.2, 0.25) is 0 Å². The Morgan fingerprint density at radius 3 is 2.94 bits per heavy atom. The summed E-state index contributed by atoms with van der Waals surface area (Å²) in [6.07, 6.45) is 1.79. The second-order valence-corrected chi connectivity index (χ2v) is 4.31. The van der Waals surface area contributed by atoms with Crippen LogP contribution in [0.25, 0.3) is 11.0 Å². The molecule has 3 heteroatoms. The molecule has 3 N–H and O–H groups in total. The summed E-state index contributed by atoms with van der Waals surface area (Å²) in [4.78, 5) is 0. The quantitative estimate of drug-likeness (QED) is 0.776. The SMILES string of the molecule is C=C(C)CNC(CN)c1coc2ccccc12. The summed E-state index contributed by atoms with van der Waals surface area (Å²) in [6, 6.07) is 8.10. The predicted octanol–water partition coefficient (Wildman–Crippen LogP) is 2.60. The molecule has 0 fully saturated rings. The Hall–Kier alpha value is -1.58. The molecule has 3 nitrogen and oxygen atoms in total. The Balaban J connectivity index is 2.27. The zero-order valence-corrected chi connectivity index (χ0v) is 10.1. The Morgan fingerprint density at radius 1 is 1.47 bits per heavy atom. The van der Waals surface area contributed by atoms with E-state index < -0.39 is 0 Å². The van der Waals surface area contributed by atoms with E-state index in [0.29, 0.717) is 6.54 Å². The molecule has 1 atom stereocenters. The molecule has 0 saturated carbocycles. The first-order valence-corrected chi connectivity index (χ1v) is 5.76. The van der Waals surface area contributed by atoms with E-state index in [1.807, 2.05) is 25.1 Å². The van der Waals surface area contributed by atoms with Crippen LogP contribution in [0.15, 0.2) is 47.1 Å². The van der Waals surface area contributed by atoms with Crippen LogP contribution in [0.1, 0.15) is 18.5 Å². The summed E-state index contributed by atoms with van der Waals surface area (Å²) in [7, 11) is 0. The van der Waals surface area contributed by atoms with Gasteiger partial charge in [0.25, 0.3) is 0 Å². The number of fused-ring (bicyclic) bond motifs is 1. The van der Waals surface area contributed by atoms with Crippen LogP contribution in [0, 0.1) is 0 Å². The van der Waals surface area contributed by atoms with E-state index in [1.165, 1.54) is 0 Å². The average Bonchev–Trinajstić information content (AvgIpc) is 2.74. The van der Waals surface area contributed by atoms with Gasteiger partial charge in [-0.1, -0.05) is 30.4 Å². The number of nitrogens with one attached hydrogen (secondary N) is 1. The first-order chi connectivity index (χ1) is 8.22. The molecule has 0 aliphatic carbocycles. The van der Waals surface area contributed by atoms with Gasteiger partial charge in [-0.3, -0.25) is 0 Å². The van der Waals surface area contributed by atoms with E-state index in [0.717, 1.165) is 28.7 Å². The summed E-state index contributed by atoms with van der Waals surface area (Å²) >= 11 is 0. The standard InChI is InChI=1S/C14H18N2O/c1-10(2)8-16-13(7-15)12-9-17-14-6-4-3-5-11(12)14/h3-6,9,13,16H,1,7-8,15H2,2H3. The van der Waals surface area contributed by atoms with Gasteiger partial charge in [-0.15, -0.1) is 0 Å². The molecule has 0 aliphatic heterocycles. The van der Waals surface area contributed by atoms with Crippen molar-refractivity contribution in [2.75, 3.05) is 13.1 Å². The molecule has 90 valence electrons. The van der Waals surface area contributed by atoms with Gasteiger partial charge in [-0.2, -0.15) is 0 Å². The second-order valence-electron chi connectivity index (χ2n) is 4.31. The fourth-order valence-electron chi connectivity index (χ4n) is 1.89. The lowest BCUT2D eigenvalue weighted by atomic mass is 10.1. The highest BCUT2D eigenvalue weighted by molar-refractivity contribution is 5.81. The van der Waals surface area contributed by atoms with Crippen molar-refractivity contribution in [2.45, 2.75) is 13.0 Å². The molecule has 2 aromatic rings. The molecule has 0 radical (unpaired) electrons. The van der Waals surface area contributed by atoms with Crippen molar-refractivity contribution >= 4 is 11.0 Å². The molecule has 0 aliphatic rings. The van der Waals surface area contributed by atoms with Crippen molar-refractivity contribution < 1.29 is 4.42 Å². The monoisotopic (exact) mass is 230 g/mol. The van der Waals surface area contributed by atoms with Crippen molar-refractivity contribution in [1.29, 1.82) is 0 Å². The van der Waals surface area contributed by atoms with Gasteiger partial charge in [0.15, 0.2) is 0 Å². The summed E-state index contributed by atoms with van der Waals surface area (Å²) in [5.41, 5.74) is 8.92. The molecule has 2 rings (SSSR count). The highest BCUT2D eigenvalue weighted by Crippen LogP contribution is 2.25. The van der Waals surface area contributed by atoms with E-state index >= 15 is 0 Å². The molecule has 0 bridgehead atoms. The summed E-state index contributed by atoms with van der Waals surface area (Å²) in [5.74, 6) is 0. The van der Waals surface area contributed by atoms with Crippen LogP contribution in [0.4, 0.5) is 0 Å². The van der Waals surface area contributed by atoms with Crippen molar-refractivity contribution in [2.24, 2.45) is 5.73 Å². The molecule has 17 heavy (non-hydrogen) atoms. The Labute approximate surface area is 101 Å². The minimum atomic E-state index is 0.107. The number of benzene rings is 1. The third-order valence-electron chi connectivity index (χ3n) is 2.77. The van der Waals surface area contributed by atoms with E-state index in [9.17, 15) is 0 Å². The summed E-state index contributed by atoms with van der Waals surface area (Å²) in [6.45, 7) is 7.18. The van der Waals surface area contributed by atoms with Crippen molar-refractivity contribution in [3.05, 3.63) is 48.2 Å². The summed E-state index contributed by atoms with van der Waals surface area (Å²) < 4.78 is 5.52. The van der Waals surface area contributed by atoms with Crippen LogP contribution in [0.5, 0.6) is 0 Å². The molecule has 0 amide bonds. The van der Waals surface area contributed by atoms with Gasteiger partial charge >= 0.3 is 0 Å². The molecule has 1 aromatic heterocycles. The first-order valence-electron chi connectivity index (χ1n) is 5.76. The Morgan fingerprint density at radius 2 is 2.24 bits per heavy atom. The van der Waals surface area contributed by atoms with Crippen molar-refractivity contribution in [3.8, 4) is 0 Å². The maximum Gasteiger partial charge on any atom is 0.134 e. The van der Waals surface area contributed by atoms with Gasteiger partial charge < -0.3 is 15.5 Å². The smallest absolute Gasteiger partial charge is 0.134 e. The minimum absolute atomic E-state index is 0.107. The van der Waals surface area contributed by atoms with Gasteiger partial charge in [0.2, 0.25) is 0 Å². The Bertz CT molecular complexity index is 516. The molecule has 1 unspecified atom stereocenters. The topological polar surface area (TPSA) is 51.2 Å². The molecular formula is C14H18N2O. The lowest BCUT2D eigenvalue weighted by molar-refractivity contribution is 0.550. The molecular weight excluding hydrogens is 212 g/mol. The van der Waals surface area contributed by atoms with Crippen molar-refractivity contribution in [1.82, 2.24) is 5.32 Å². The van der Waals surface area contributed by atoms with Crippen LogP contribution in [0.3, 0.4) is 0 Å². The highest BCUT2D eigenvalue weighted by atomic mass is 16.3.